The number of hydrogen-bond acceptors (Lipinski definition) is 4. The van der Waals surface area contributed by atoms with E-state index in [0.717, 1.165) is 12.5 Å². The predicted molar refractivity (Wildman–Crippen MR) is 93.4 cm³/mol. The summed E-state index contributed by atoms with van der Waals surface area (Å²) in [4.78, 5) is 8.86. The van der Waals surface area contributed by atoms with E-state index in [1.807, 2.05) is 11.3 Å². The summed E-state index contributed by atoms with van der Waals surface area (Å²) in [6.07, 6.45) is 2.60. The lowest BCUT2D eigenvalue weighted by atomic mass is 10.00. The Morgan fingerprint density at radius 1 is 1.29 bits per heavy atom. The van der Waals surface area contributed by atoms with Crippen molar-refractivity contribution in [3.63, 3.8) is 0 Å². The van der Waals surface area contributed by atoms with Crippen molar-refractivity contribution in [2.45, 2.75) is 72.4 Å². The second-order valence-electron chi connectivity index (χ2n) is 7.73. The molecular weight excluding hydrogens is 278 g/mol. The quantitative estimate of drug-likeness (QED) is 0.894. The van der Waals surface area contributed by atoms with Crippen LogP contribution in [0, 0.1) is 5.92 Å². The smallest absolute Gasteiger partial charge is 0.185 e. The van der Waals surface area contributed by atoms with Gasteiger partial charge in [-0.3, -0.25) is 0 Å². The zero-order valence-electron chi connectivity index (χ0n) is 14.5. The molecule has 2 rings (SSSR count). The van der Waals surface area contributed by atoms with Gasteiger partial charge in [-0.1, -0.05) is 20.8 Å². The molecule has 1 N–H and O–H groups in total. The summed E-state index contributed by atoms with van der Waals surface area (Å²) in [5.41, 5.74) is 1.43. The molecule has 0 atom stereocenters. The number of anilines is 1. The van der Waals surface area contributed by atoms with E-state index in [4.69, 9.17) is 4.98 Å². The molecule has 1 aliphatic heterocycles. The highest BCUT2D eigenvalue weighted by Crippen LogP contribution is 2.33. The number of hydrogen-bond donors (Lipinski definition) is 1. The molecule has 0 radical (unpaired) electrons. The fraction of sp³-hybridized carbons (Fsp3) is 0.824. The molecule has 1 fully saturated rings. The maximum atomic E-state index is 4.96. The summed E-state index contributed by atoms with van der Waals surface area (Å²) >= 11 is 1.89. The second kappa shape index (κ2) is 6.66. The van der Waals surface area contributed by atoms with Gasteiger partial charge >= 0.3 is 0 Å². The normalized spacial score (nSPS) is 17.8. The van der Waals surface area contributed by atoms with E-state index in [1.165, 1.54) is 41.6 Å². The van der Waals surface area contributed by atoms with Gasteiger partial charge in [-0.2, -0.15) is 0 Å². The van der Waals surface area contributed by atoms with Crippen LogP contribution in [0.15, 0.2) is 0 Å². The fourth-order valence-electron chi connectivity index (χ4n) is 2.61. The Bertz CT molecular complexity index is 451. The van der Waals surface area contributed by atoms with Crippen molar-refractivity contribution in [1.29, 1.82) is 0 Å². The van der Waals surface area contributed by atoms with E-state index in [9.17, 15) is 0 Å². The fourth-order valence-corrected chi connectivity index (χ4v) is 3.82. The lowest BCUT2D eigenvalue weighted by Gasteiger charge is -2.29. The lowest BCUT2D eigenvalue weighted by Crippen LogP contribution is -2.35. The van der Waals surface area contributed by atoms with Gasteiger partial charge in [0.05, 0.1) is 5.69 Å². The Kier molecular flexibility index (Phi) is 5.31. The van der Waals surface area contributed by atoms with Crippen molar-refractivity contribution in [1.82, 2.24) is 10.3 Å². The summed E-state index contributed by atoms with van der Waals surface area (Å²) in [5.74, 6) is 1.36. The maximum Gasteiger partial charge on any atom is 0.185 e. The number of thiazole rings is 1. The van der Waals surface area contributed by atoms with Crippen molar-refractivity contribution in [2.75, 3.05) is 18.0 Å². The third kappa shape index (κ3) is 4.68. The number of nitrogens with one attached hydrogen (secondary N) is 1. The first-order valence-electron chi connectivity index (χ1n) is 8.26. The van der Waals surface area contributed by atoms with Crippen molar-refractivity contribution >= 4 is 16.5 Å². The van der Waals surface area contributed by atoms with Crippen LogP contribution in [0.4, 0.5) is 5.13 Å². The average Bonchev–Trinajstić information content (AvgIpc) is 2.81. The van der Waals surface area contributed by atoms with Crippen molar-refractivity contribution < 1.29 is 0 Å². The molecule has 1 saturated heterocycles. The topological polar surface area (TPSA) is 28.2 Å². The van der Waals surface area contributed by atoms with E-state index >= 15 is 0 Å². The predicted octanol–water partition coefficient (Wildman–Crippen LogP) is 4.39. The Morgan fingerprint density at radius 2 is 1.90 bits per heavy atom. The summed E-state index contributed by atoms with van der Waals surface area (Å²) in [5, 5.41) is 4.84. The lowest BCUT2D eigenvalue weighted by molar-refractivity contribution is 0.425. The highest BCUT2D eigenvalue weighted by atomic mass is 32.1. The monoisotopic (exact) mass is 309 g/mol. The average molecular weight is 310 g/mol. The van der Waals surface area contributed by atoms with Gasteiger partial charge in [-0.25, -0.2) is 4.98 Å². The molecular formula is C17H31N3S. The molecule has 0 unspecified atom stereocenters. The van der Waals surface area contributed by atoms with Gasteiger partial charge in [0.1, 0.15) is 0 Å². The van der Waals surface area contributed by atoms with Crippen LogP contribution in [0.2, 0.25) is 0 Å². The SMILES string of the molecule is CC1CCN(c2nc(C(C)C)c(CNC(C)(C)C)s2)CC1. The van der Waals surface area contributed by atoms with Crippen molar-refractivity contribution in [3.8, 4) is 0 Å². The van der Waals surface area contributed by atoms with Crippen LogP contribution in [-0.4, -0.2) is 23.6 Å². The highest BCUT2D eigenvalue weighted by Gasteiger charge is 2.22. The molecule has 21 heavy (non-hydrogen) atoms. The molecule has 2 heterocycles. The van der Waals surface area contributed by atoms with Crippen LogP contribution in [0.5, 0.6) is 0 Å². The minimum Gasteiger partial charge on any atom is -0.348 e. The molecule has 1 aromatic rings. The van der Waals surface area contributed by atoms with Crippen LogP contribution < -0.4 is 10.2 Å². The molecule has 0 saturated carbocycles. The van der Waals surface area contributed by atoms with Gasteiger partial charge in [-0.05, 0) is 45.4 Å². The Hall–Kier alpha value is -0.610. The third-order valence-electron chi connectivity index (χ3n) is 4.10. The van der Waals surface area contributed by atoms with Gasteiger partial charge in [0, 0.05) is 30.1 Å². The van der Waals surface area contributed by atoms with Gasteiger partial charge in [0.25, 0.3) is 0 Å². The minimum atomic E-state index is 0.152. The molecule has 0 bridgehead atoms. The first-order valence-corrected chi connectivity index (χ1v) is 9.07. The zero-order valence-corrected chi connectivity index (χ0v) is 15.3. The number of aromatic nitrogens is 1. The van der Waals surface area contributed by atoms with E-state index < -0.39 is 0 Å². The van der Waals surface area contributed by atoms with Crippen molar-refractivity contribution in [2.24, 2.45) is 5.92 Å². The van der Waals surface area contributed by atoms with Crippen molar-refractivity contribution in [3.05, 3.63) is 10.6 Å². The van der Waals surface area contributed by atoms with Crippen LogP contribution >= 0.6 is 11.3 Å². The molecule has 4 heteroatoms. The molecule has 0 spiro atoms. The Morgan fingerprint density at radius 3 is 2.43 bits per heavy atom. The first kappa shape index (κ1) is 16.8. The zero-order chi connectivity index (χ0) is 15.6. The highest BCUT2D eigenvalue weighted by molar-refractivity contribution is 7.15. The second-order valence-corrected chi connectivity index (χ2v) is 8.79. The molecule has 0 aromatic carbocycles. The summed E-state index contributed by atoms with van der Waals surface area (Å²) in [7, 11) is 0. The molecule has 1 aliphatic rings. The van der Waals surface area contributed by atoms with Gasteiger partial charge < -0.3 is 10.2 Å². The minimum absolute atomic E-state index is 0.152. The van der Waals surface area contributed by atoms with Gasteiger partial charge in [-0.15, -0.1) is 11.3 Å². The molecule has 3 nitrogen and oxygen atoms in total. The van der Waals surface area contributed by atoms with E-state index in [0.29, 0.717) is 5.92 Å². The Labute approximate surface area is 134 Å². The number of nitrogens with zero attached hydrogens (tertiary/aromatic N) is 2. The van der Waals surface area contributed by atoms with Gasteiger partial charge in [0.2, 0.25) is 0 Å². The van der Waals surface area contributed by atoms with Crippen LogP contribution in [0.3, 0.4) is 0 Å². The summed E-state index contributed by atoms with van der Waals surface area (Å²) in [6, 6.07) is 0. The summed E-state index contributed by atoms with van der Waals surface area (Å²) in [6.45, 7) is 16.8. The maximum absolute atomic E-state index is 4.96. The largest absolute Gasteiger partial charge is 0.348 e. The molecule has 0 amide bonds. The van der Waals surface area contributed by atoms with Crippen LogP contribution in [0.1, 0.15) is 70.9 Å². The number of rotatable bonds is 4. The first-order chi connectivity index (χ1) is 9.76. The van der Waals surface area contributed by atoms with Gasteiger partial charge in [0.15, 0.2) is 5.13 Å². The third-order valence-corrected chi connectivity index (χ3v) is 5.23. The van der Waals surface area contributed by atoms with E-state index in [2.05, 4.69) is 51.8 Å². The van der Waals surface area contributed by atoms with Crippen LogP contribution in [0.25, 0.3) is 0 Å². The molecule has 1 aromatic heterocycles. The van der Waals surface area contributed by atoms with E-state index in [1.54, 1.807) is 0 Å². The summed E-state index contributed by atoms with van der Waals surface area (Å²) < 4.78 is 0. The molecule has 120 valence electrons. The number of piperidine rings is 1. The molecule has 0 aliphatic carbocycles. The van der Waals surface area contributed by atoms with Crippen LogP contribution in [-0.2, 0) is 6.54 Å². The Balaban J connectivity index is 2.13. The standard InChI is InChI=1S/C17H31N3S/c1-12(2)15-14(11-18-17(4,5)6)21-16(19-15)20-9-7-13(3)8-10-20/h12-13,18H,7-11H2,1-6H3. The van der Waals surface area contributed by atoms with E-state index in [-0.39, 0.29) is 5.54 Å².